The molecule has 0 aliphatic carbocycles. The minimum atomic E-state index is -0.245. The fourth-order valence-electron chi connectivity index (χ4n) is 2.81. The molecule has 1 amide bonds. The molecule has 24 heavy (non-hydrogen) atoms. The lowest BCUT2D eigenvalue weighted by Gasteiger charge is -2.15. The number of nitrogens with one attached hydrogen (secondary N) is 2. The summed E-state index contributed by atoms with van der Waals surface area (Å²) in [6.07, 6.45) is 0. The molecule has 1 atom stereocenters. The summed E-state index contributed by atoms with van der Waals surface area (Å²) in [5.74, 6) is -0.0180. The highest BCUT2D eigenvalue weighted by Crippen LogP contribution is 2.26. The molecule has 0 saturated heterocycles. The topological polar surface area (TPSA) is 57.8 Å². The number of imidazole rings is 1. The van der Waals surface area contributed by atoms with Gasteiger partial charge in [-0.2, -0.15) is 0 Å². The Bertz CT molecular complexity index is 845. The first-order chi connectivity index (χ1) is 11.4. The Morgan fingerprint density at radius 1 is 1.17 bits per heavy atom. The molecule has 124 valence electrons. The lowest BCUT2D eigenvalue weighted by atomic mass is 10.1. The maximum absolute atomic E-state index is 12.5. The summed E-state index contributed by atoms with van der Waals surface area (Å²) in [5.41, 5.74) is 6.18. The summed E-state index contributed by atoms with van der Waals surface area (Å²) in [6.45, 7) is 8.00. The minimum Gasteiger partial charge on any atom is -0.333 e. The van der Waals surface area contributed by atoms with Gasteiger partial charge >= 0.3 is 0 Å². The maximum atomic E-state index is 12.5. The number of rotatable bonds is 4. The van der Waals surface area contributed by atoms with E-state index in [1.54, 1.807) is 0 Å². The number of aromatic nitrogens is 2. The SMILES string of the molecule is Cc1cc(C)c(NC(=O)[C@@H](C)Sc2nc3ccccc3[nH]2)c(C)c1. The molecule has 4 nitrogen and oxygen atoms in total. The largest absolute Gasteiger partial charge is 0.333 e. The van der Waals surface area contributed by atoms with Crippen molar-refractivity contribution < 1.29 is 4.79 Å². The van der Waals surface area contributed by atoms with Gasteiger partial charge in [0, 0.05) is 5.69 Å². The van der Waals surface area contributed by atoms with Crippen molar-refractivity contribution in [1.82, 2.24) is 9.97 Å². The molecule has 2 N–H and O–H groups in total. The quantitative estimate of drug-likeness (QED) is 0.683. The Labute approximate surface area is 146 Å². The Balaban J connectivity index is 1.73. The van der Waals surface area contributed by atoms with Crippen LogP contribution in [0.25, 0.3) is 11.0 Å². The van der Waals surface area contributed by atoms with E-state index in [-0.39, 0.29) is 11.2 Å². The number of amides is 1. The smallest absolute Gasteiger partial charge is 0.237 e. The molecule has 0 aliphatic heterocycles. The lowest BCUT2D eigenvalue weighted by molar-refractivity contribution is -0.115. The van der Waals surface area contributed by atoms with Gasteiger partial charge in [0.05, 0.1) is 16.3 Å². The van der Waals surface area contributed by atoms with Crippen LogP contribution in [0.3, 0.4) is 0 Å². The van der Waals surface area contributed by atoms with Gasteiger partial charge in [-0.25, -0.2) is 4.98 Å². The van der Waals surface area contributed by atoms with Crippen LogP contribution in [0.2, 0.25) is 0 Å². The molecule has 1 aromatic heterocycles. The number of fused-ring (bicyclic) bond motifs is 1. The van der Waals surface area contributed by atoms with E-state index in [2.05, 4.69) is 34.3 Å². The third kappa shape index (κ3) is 3.46. The highest BCUT2D eigenvalue weighted by Gasteiger charge is 2.18. The van der Waals surface area contributed by atoms with Crippen molar-refractivity contribution in [3.8, 4) is 0 Å². The lowest BCUT2D eigenvalue weighted by Crippen LogP contribution is -2.23. The summed E-state index contributed by atoms with van der Waals surface area (Å²) in [6, 6.07) is 12.0. The van der Waals surface area contributed by atoms with Crippen molar-refractivity contribution in [2.45, 2.75) is 38.1 Å². The average molecular weight is 339 g/mol. The Morgan fingerprint density at radius 2 is 1.83 bits per heavy atom. The number of benzene rings is 2. The molecular weight excluding hydrogens is 318 g/mol. The fourth-order valence-corrected chi connectivity index (χ4v) is 3.63. The van der Waals surface area contributed by atoms with Gasteiger partial charge in [0.15, 0.2) is 5.16 Å². The van der Waals surface area contributed by atoms with Crippen molar-refractivity contribution in [3.05, 3.63) is 53.1 Å². The number of carbonyl (C=O) groups excluding carboxylic acids is 1. The maximum Gasteiger partial charge on any atom is 0.237 e. The summed E-state index contributed by atoms with van der Waals surface area (Å²) in [5, 5.41) is 3.57. The third-order valence-corrected chi connectivity index (χ3v) is 4.93. The molecule has 0 saturated carbocycles. The normalized spacial score (nSPS) is 12.3. The van der Waals surface area contributed by atoms with Crippen LogP contribution in [0.5, 0.6) is 0 Å². The third-order valence-electron chi connectivity index (χ3n) is 3.95. The van der Waals surface area contributed by atoms with Crippen molar-refractivity contribution >= 4 is 34.4 Å². The number of para-hydroxylation sites is 2. The van der Waals surface area contributed by atoms with Gasteiger partial charge < -0.3 is 10.3 Å². The summed E-state index contributed by atoms with van der Waals surface area (Å²) >= 11 is 1.43. The van der Waals surface area contributed by atoms with Crippen LogP contribution in [-0.2, 0) is 4.79 Å². The zero-order valence-corrected chi connectivity index (χ0v) is 15.1. The number of nitrogens with zero attached hydrogens (tertiary/aromatic N) is 1. The fraction of sp³-hybridized carbons (Fsp3) is 0.263. The van der Waals surface area contributed by atoms with Crippen LogP contribution in [0.1, 0.15) is 23.6 Å². The highest BCUT2D eigenvalue weighted by molar-refractivity contribution is 8.00. The second-order valence-corrected chi connectivity index (χ2v) is 7.41. The van der Waals surface area contributed by atoms with E-state index in [0.717, 1.165) is 33.0 Å². The van der Waals surface area contributed by atoms with E-state index in [1.807, 2.05) is 45.0 Å². The first kappa shape index (κ1) is 16.6. The van der Waals surface area contributed by atoms with E-state index in [9.17, 15) is 4.79 Å². The van der Waals surface area contributed by atoms with Crippen molar-refractivity contribution in [3.63, 3.8) is 0 Å². The molecule has 0 fully saturated rings. The Morgan fingerprint density at radius 3 is 2.50 bits per heavy atom. The predicted molar refractivity (Wildman–Crippen MR) is 101 cm³/mol. The summed E-state index contributed by atoms with van der Waals surface area (Å²) in [4.78, 5) is 20.3. The van der Waals surface area contributed by atoms with Gasteiger partial charge in [0.1, 0.15) is 0 Å². The van der Waals surface area contributed by atoms with E-state index < -0.39 is 0 Å². The highest BCUT2D eigenvalue weighted by atomic mass is 32.2. The number of aromatic amines is 1. The summed E-state index contributed by atoms with van der Waals surface area (Å²) < 4.78 is 0. The van der Waals surface area contributed by atoms with Gasteiger partial charge in [-0.15, -0.1) is 0 Å². The van der Waals surface area contributed by atoms with Crippen LogP contribution < -0.4 is 5.32 Å². The molecule has 0 bridgehead atoms. The van der Waals surface area contributed by atoms with Gasteiger partial charge in [-0.05, 0) is 51.0 Å². The number of aryl methyl sites for hydroxylation is 3. The van der Waals surface area contributed by atoms with Crippen LogP contribution in [0.4, 0.5) is 5.69 Å². The molecular formula is C19H21N3OS. The van der Waals surface area contributed by atoms with Crippen molar-refractivity contribution in [2.24, 2.45) is 0 Å². The van der Waals surface area contributed by atoms with Crippen LogP contribution in [-0.4, -0.2) is 21.1 Å². The van der Waals surface area contributed by atoms with Crippen molar-refractivity contribution in [1.29, 1.82) is 0 Å². The zero-order chi connectivity index (χ0) is 17.3. The van der Waals surface area contributed by atoms with Gasteiger partial charge in [-0.3, -0.25) is 4.79 Å². The van der Waals surface area contributed by atoms with Crippen molar-refractivity contribution in [2.75, 3.05) is 5.32 Å². The monoisotopic (exact) mass is 339 g/mol. The second kappa shape index (κ2) is 6.69. The first-order valence-electron chi connectivity index (χ1n) is 7.94. The number of H-pyrrole nitrogens is 1. The van der Waals surface area contributed by atoms with E-state index in [1.165, 1.54) is 17.3 Å². The molecule has 0 aliphatic rings. The number of thioether (sulfide) groups is 1. The van der Waals surface area contributed by atoms with Crippen LogP contribution in [0.15, 0.2) is 41.6 Å². The molecule has 0 radical (unpaired) electrons. The predicted octanol–water partition coefficient (Wildman–Crippen LogP) is 4.61. The summed E-state index contributed by atoms with van der Waals surface area (Å²) in [7, 11) is 0. The number of hydrogen-bond donors (Lipinski definition) is 2. The van der Waals surface area contributed by atoms with E-state index in [4.69, 9.17) is 0 Å². The number of anilines is 1. The minimum absolute atomic E-state index is 0.0180. The van der Waals surface area contributed by atoms with Gasteiger partial charge in [0.25, 0.3) is 0 Å². The van der Waals surface area contributed by atoms with Crippen LogP contribution in [0, 0.1) is 20.8 Å². The molecule has 0 spiro atoms. The Hall–Kier alpha value is -2.27. The van der Waals surface area contributed by atoms with E-state index >= 15 is 0 Å². The number of hydrogen-bond acceptors (Lipinski definition) is 3. The first-order valence-corrected chi connectivity index (χ1v) is 8.82. The average Bonchev–Trinajstić information content (AvgIpc) is 2.92. The molecule has 3 rings (SSSR count). The molecule has 0 unspecified atom stereocenters. The standard InChI is InChI=1S/C19H21N3OS/c1-11-9-12(2)17(13(3)10-11)22-18(23)14(4)24-19-20-15-7-5-6-8-16(15)21-19/h5-10,14H,1-4H3,(H,20,21)(H,22,23)/t14-/m1/s1. The van der Waals surface area contributed by atoms with Gasteiger partial charge in [0.2, 0.25) is 5.91 Å². The molecule has 2 aromatic carbocycles. The number of carbonyl (C=O) groups is 1. The molecule has 5 heteroatoms. The molecule has 3 aromatic rings. The van der Waals surface area contributed by atoms with Gasteiger partial charge in [-0.1, -0.05) is 41.6 Å². The zero-order valence-electron chi connectivity index (χ0n) is 14.3. The van der Waals surface area contributed by atoms with E-state index in [0.29, 0.717) is 0 Å². The second-order valence-electron chi connectivity index (χ2n) is 6.08. The Kier molecular flexibility index (Phi) is 4.62. The molecule has 1 heterocycles. The van der Waals surface area contributed by atoms with Crippen LogP contribution >= 0.6 is 11.8 Å².